The molecule has 0 heterocycles. The van der Waals surface area contributed by atoms with Crippen LogP contribution in [0.15, 0.2) is 24.3 Å². The van der Waals surface area contributed by atoms with Crippen LogP contribution in [0.1, 0.15) is 12.5 Å². The Kier molecular flexibility index (Phi) is 5.62. The van der Waals surface area contributed by atoms with Crippen LogP contribution in [0.2, 0.25) is 0 Å². The summed E-state index contributed by atoms with van der Waals surface area (Å²) < 4.78 is 41.3. The molecule has 1 aromatic carbocycles. The van der Waals surface area contributed by atoms with E-state index in [0.29, 0.717) is 6.42 Å². The second kappa shape index (κ2) is 6.77. The van der Waals surface area contributed by atoms with E-state index in [1.165, 1.54) is 0 Å². The molecule has 2 N–H and O–H groups in total. The highest BCUT2D eigenvalue weighted by molar-refractivity contribution is 5.27. The maximum Gasteiger partial charge on any atom is 0.415 e. The van der Waals surface area contributed by atoms with Crippen LogP contribution in [0.5, 0.6) is 5.75 Å². The minimum atomic E-state index is -4.58. The Morgan fingerprint density at radius 2 is 1.84 bits per heavy atom. The van der Waals surface area contributed by atoms with Gasteiger partial charge < -0.3 is 15.2 Å². The number of halogens is 3. The molecule has 2 atom stereocenters. The molecule has 108 valence electrons. The Bertz CT molecular complexity index is 378. The first-order valence-corrected chi connectivity index (χ1v) is 5.94. The topological polar surface area (TPSA) is 41.5 Å². The Morgan fingerprint density at radius 3 is 2.32 bits per heavy atom. The molecule has 0 aliphatic heterocycles. The standard InChI is InChI=1S/C13H18F3NO2/c1-9(17-8-12(18)13(14,15)16)7-10-3-5-11(19-2)6-4-10/h3-6,9,12,17-18H,7-8H2,1-2H3. The molecule has 0 bridgehead atoms. The summed E-state index contributed by atoms with van der Waals surface area (Å²) in [4.78, 5) is 0. The molecule has 0 saturated heterocycles. The minimum Gasteiger partial charge on any atom is -0.497 e. The summed E-state index contributed by atoms with van der Waals surface area (Å²) in [6, 6.07) is 7.15. The van der Waals surface area contributed by atoms with Gasteiger partial charge in [-0.3, -0.25) is 0 Å². The maximum atomic E-state index is 12.1. The number of benzene rings is 1. The Morgan fingerprint density at radius 1 is 1.26 bits per heavy atom. The lowest BCUT2D eigenvalue weighted by molar-refractivity contribution is -0.202. The quantitative estimate of drug-likeness (QED) is 0.837. The van der Waals surface area contributed by atoms with E-state index in [-0.39, 0.29) is 6.04 Å². The summed E-state index contributed by atoms with van der Waals surface area (Å²) in [5.74, 6) is 0.733. The minimum absolute atomic E-state index is 0.162. The van der Waals surface area contributed by atoms with Gasteiger partial charge in [0, 0.05) is 12.6 Å². The summed E-state index contributed by atoms with van der Waals surface area (Å²) >= 11 is 0. The average molecular weight is 277 g/mol. The average Bonchev–Trinajstić information content (AvgIpc) is 2.35. The van der Waals surface area contributed by atoms with Crippen molar-refractivity contribution in [3.63, 3.8) is 0 Å². The molecular formula is C13H18F3NO2. The molecule has 1 aromatic rings. The number of aliphatic hydroxyl groups excluding tert-OH is 1. The first-order chi connectivity index (χ1) is 8.82. The van der Waals surface area contributed by atoms with Crippen LogP contribution < -0.4 is 10.1 Å². The normalized spacial score (nSPS) is 15.1. The van der Waals surface area contributed by atoms with Crippen LogP contribution >= 0.6 is 0 Å². The van der Waals surface area contributed by atoms with E-state index in [1.54, 1.807) is 26.2 Å². The van der Waals surface area contributed by atoms with Crippen molar-refractivity contribution in [2.75, 3.05) is 13.7 Å². The molecule has 2 unspecified atom stereocenters. The van der Waals surface area contributed by atoms with E-state index in [0.717, 1.165) is 11.3 Å². The van der Waals surface area contributed by atoms with Gasteiger partial charge in [0.1, 0.15) is 5.75 Å². The third kappa shape index (κ3) is 5.48. The molecule has 0 saturated carbocycles. The smallest absolute Gasteiger partial charge is 0.415 e. The van der Waals surface area contributed by atoms with Gasteiger partial charge in [-0.15, -0.1) is 0 Å². The number of hydrogen-bond acceptors (Lipinski definition) is 3. The van der Waals surface area contributed by atoms with Crippen LogP contribution in [0.25, 0.3) is 0 Å². The third-order valence-corrected chi connectivity index (χ3v) is 2.74. The first-order valence-electron chi connectivity index (χ1n) is 5.94. The number of aliphatic hydroxyl groups is 1. The molecule has 0 aliphatic carbocycles. The zero-order chi connectivity index (χ0) is 14.5. The largest absolute Gasteiger partial charge is 0.497 e. The predicted octanol–water partition coefficient (Wildman–Crippen LogP) is 2.14. The molecule has 3 nitrogen and oxygen atoms in total. The molecular weight excluding hydrogens is 259 g/mol. The molecule has 0 amide bonds. The van der Waals surface area contributed by atoms with Gasteiger partial charge in [0.05, 0.1) is 7.11 Å². The highest BCUT2D eigenvalue weighted by Crippen LogP contribution is 2.19. The lowest BCUT2D eigenvalue weighted by Crippen LogP contribution is -2.42. The van der Waals surface area contributed by atoms with Gasteiger partial charge in [-0.2, -0.15) is 13.2 Å². The molecule has 0 fully saturated rings. The molecule has 19 heavy (non-hydrogen) atoms. The number of rotatable bonds is 6. The fraction of sp³-hybridized carbons (Fsp3) is 0.538. The van der Waals surface area contributed by atoms with Gasteiger partial charge in [0.25, 0.3) is 0 Å². The zero-order valence-electron chi connectivity index (χ0n) is 10.9. The van der Waals surface area contributed by atoms with Crippen molar-refractivity contribution < 1.29 is 23.0 Å². The summed E-state index contributed by atoms with van der Waals surface area (Å²) in [7, 11) is 1.57. The zero-order valence-corrected chi connectivity index (χ0v) is 10.9. The van der Waals surface area contributed by atoms with E-state index in [1.807, 2.05) is 12.1 Å². The molecule has 1 rings (SSSR count). The van der Waals surface area contributed by atoms with Crippen LogP contribution in [0, 0.1) is 0 Å². The third-order valence-electron chi connectivity index (χ3n) is 2.74. The van der Waals surface area contributed by atoms with Gasteiger partial charge in [-0.25, -0.2) is 0 Å². The number of hydrogen-bond donors (Lipinski definition) is 2. The fourth-order valence-electron chi connectivity index (χ4n) is 1.62. The SMILES string of the molecule is COc1ccc(CC(C)NCC(O)C(F)(F)F)cc1. The van der Waals surface area contributed by atoms with Crippen molar-refractivity contribution in [2.24, 2.45) is 0 Å². The van der Waals surface area contributed by atoms with Gasteiger partial charge >= 0.3 is 6.18 Å². The number of nitrogens with one attached hydrogen (secondary N) is 1. The molecule has 0 aliphatic rings. The number of alkyl halides is 3. The van der Waals surface area contributed by atoms with Crippen LogP contribution in [0.4, 0.5) is 13.2 Å². The van der Waals surface area contributed by atoms with Crippen molar-refractivity contribution >= 4 is 0 Å². The second-order valence-electron chi connectivity index (χ2n) is 4.42. The predicted molar refractivity (Wildman–Crippen MR) is 66.2 cm³/mol. The van der Waals surface area contributed by atoms with Gasteiger partial charge in [-0.05, 0) is 31.0 Å². The van der Waals surface area contributed by atoms with Gasteiger partial charge in [-0.1, -0.05) is 12.1 Å². The summed E-state index contributed by atoms with van der Waals surface area (Å²) in [5.41, 5.74) is 0.988. The number of methoxy groups -OCH3 is 1. The summed E-state index contributed by atoms with van der Waals surface area (Å²) in [6.45, 7) is 1.27. The van der Waals surface area contributed by atoms with Crippen molar-refractivity contribution in [1.82, 2.24) is 5.32 Å². The van der Waals surface area contributed by atoms with Crippen molar-refractivity contribution in [3.05, 3.63) is 29.8 Å². The van der Waals surface area contributed by atoms with Crippen LogP contribution in [-0.2, 0) is 6.42 Å². The molecule has 0 radical (unpaired) electrons. The van der Waals surface area contributed by atoms with Crippen LogP contribution in [0.3, 0.4) is 0 Å². The van der Waals surface area contributed by atoms with E-state index in [4.69, 9.17) is 9.84 Å². The maximum absolute atomic E-state index is 12.1. The van der Waals surface area contributed by atoms with Crippen molar-refractivity contribution in [2.45, 2.75) is 31.7 Å². The van der Waals surface area contributed by atoms with Crippen LogP contribution in [-0.4, -0.2) is 37.1 Å². The van der Waals surface area contributed by atoms with E-state index in [2.05, 4.69) is 5.32 Å². The van der Waals surface area contributed by atoms with E-state index < -0.39 is 18.8 Å². The van der Waals surface area contributed by atoms with Gasteiger partial charge in [0.2, 0.25) is 0 Å². The van der Waals surface area contributed by atoms with Crippen molar-refractivity contribution in [1.29, 1.82) is 0 Å². The monoisotopic (exact) mass is 277 g/mol. The highest BCUT2D eigenvalue weighted by atomic mass is 19.4. The van der Waals surface area contributed by atoms with E-state index in [9.17, 15) is 13.2 Å². The summed E-state index contributed by atoms with van der Waals surface area (Å²) in [5, 5.41) is 11.5. The lowest BCUT2D eigenvalue weighted by atomic mass is 10.1. The Labute approximate surface area is 110 Å². The fourth-order valence-corrected chi connectivity index (χ4v) is 1.62. The highest BCUT2D eigenvalue weighted by Gasteiger charge is 2.37. The Balaban J connectivity index is 2.40. The first kappa shape index (κ1) is 15.8. The number of ether oxygens (including phenoxy) is 1. The van der Waals surface area contributed by atoms with Gasteiger partial charge in [0.15, 0.2) is 6.10 Å². The van der Waals surface area contributed by atoms with E-state index >= 15 is 0 Å². The molecule has 0 aromatic heterocycles. The lowest BCUT2D eigenvalue weighted by Gasteiger charge is -2.19. The molecule has 6 heteroatoms. The molecule has 0 spiro atoms. The second-order valence-corrected chi connectivity index (χ2v) is 4.42. The van der Waals surface area contributed by atoms with Crippen molar-refractivity contribution in [3.8, 4) is 5.75 Å². The Hall–Kier alpha value is -1.27. The summed E-state index contributed by atoms with van der Waals surface area (Å²) in [6.07, 6.45) is -6.33.